The molecule has 4 aromatic carbocycles. The highest BCUT2D eigenvalue weighted by molar-refractivity contribution is 6.07. The molecular weight excluding hydrogens is 476 g/mol. The fourth-order valence-electron chi connectivity index (χ4n) is 4.92. The predicted octanol–water partition coefficient (Wildman–Crippen LogP) is 6.56. The second kappa shape index (κ2) is 9.90. The van der Waals surface area contributed by atoms with Crippen molar-refractivity contribution in [3.05, 3.63) is 120 Å². The normalized spacial score (nSPS) is 12.7. The molecule has 1 aliphatic heterocycles. The Morgan fingerprint density at radius 3 is 2.53 bits per heavy atom. The van der Waals surface area contributed by atoms with Gasteiger partial charge in [0.1, 0.15) is 17.3 Å². The van der Waals surface area contributed by atoms with Crippen LogP contribution in [0.25, 0.3) is 22.1 Å². The molecule has 0 saturated heterocycles. The topological polar surface area (TPSA) is 71.8 Å². The van der Waals surface area contributed by atoms with Gasteiger partial charge in [0.15, 0.2) is 0 Å². The molecule has 6 nitrogen and oxygen atoms in total. The Labute approximate surface area is 220 Å². The van der Waals surface area contributed by atoms with Crippen molar-refractivity contribution in [3.63, 3.8) is 0 Å². The number of carbonyl (C=O) groups is 2. The molecule has 0 fully saturated rings. The number of anilines is 1. The monoisotopic (exact) mass is 502 g/mol. The Morgan fingerprint density at radius 1 is 0.895 bits per heavy atom. The lowest BCUT2D eigenvalue weighted by atomic mass is 10.0. The van der Waals surface area contributed by atoms with Crippen molar-refractivity contribution in [1.29, 1.82) is 0 Å². The van der Waals surface area contributed by atoms with E-state index >= 15 is 0 Å². The number of methoxy groups -OCH3 is 1. The summed E-state index contributed by atoms with van der Waals surface area (Å²) in [7, 11) is 1.57. The number of amides is 2. The summed E-state index contributed by atoms with van der Waals surface area (Å²) in [5.74, 6) is 2.12. The van der Waals surface area contributed by atoms with Gasteiger partial charge in [0.25, 0.3) is 11.8 Å². The van der Waals surface area contributed by atoms with Gasteiger partial charge in [-0.1, -0.05) is 42.5 Å². The number of nitrogens with zero attached hydrogens (tertiary/aromatic N) is 1. The number of hydrogen-bond acceptors (Lipinski definition) is 4. The Kier molecular flexibility index (Phi) is 6.14. The number of rotatable bonds is 5. The maximum atomic E-state index is 13.4. The van der Waals surface area contributed by atoms with Gasteiger partial charge in [0, 0.05) is 47.5 Å². The van der Waals surface area contributed by atoms with E-state index in [1.54, 1.807) is 31.4 Å². The minimum absolute atomic E-state index is 0.0336. The van der Waals surface area contributed by atoms with Crippen molar-refractivity contribution in [2.75, 3.05) is 19.0 Å². The van der Waals surface area contributed by atoms with Gasteiger partial charge >= 0.3 is 0 Å². The summed E-state index contributed by atoms with van der Waals surface area (Å²) in [5.41, 5.74) is 3.86. The summed E-state index contributed by atoms with van der Waals surface area (Å²) in [4.78, 5) is 27.9. The van der Waals surface area contributed by atoms with Gasteiger partial charge < -0.3 is 19.4 Å². The van der Waals surface area contributed by atoms with Crippen LogP contribution in [0, 0.1) is 0 Å². The van der Waals surface area contributed by atoms with Crippen LogP contribution in [-0.2, 0) is 13.0 Å². The van der Waals surface area contributed by atoms with Crippen molar-refractivity contribution in [3.8, 4) is 17.1 Å². The lowest BCUT2D eigenvalue weighted by Crippen LogP contribution is -2.35. The first-order valence-corrected chi connectivity index (χ1v) is 12.5. The second-order valence-corrected chi connectivity index (χ2v) is 9.33. The van der Waals surface area contributed by atoms with E-state index in [0.29, 0.717) is 36.5 Å². The van der Waals surface area contributed by atoms with E-state index < -0.39 is 0 Å². The average Bonchev–Trinajstić information content (AvgIpc) is 3.40. The molecule has 0 bridgehead atoms. The molecule has 0 atom stereocenters. The molecule has 38 heavy (non-hydrogen) atoms. The third kappa shape index (κ3) is 4.52. The largest absolute Gasteiger partial charge is 0.497 e. The highest BCUT2D eigenvalue weighted by Crippen LogP contribution is 2.31. The van der Waals surface area contributed by atoms with E-state index in [0.717, 1.165) is 39.0 Å². The number of benzene rings is 4. The smallest absolute Gasteiger partial charge is 0.255 e. The third-order valence-electron chi connectivity index (χ3n) is 6.93. The van der Waals surface area contributed by atoms with Crippen LogP contribution in [-0.4, -0.2) is 30.4 Å². The molecule has 2 amide bonds. The standard InChI is InChI=1S/C32H26N2O4/c1-37-26-9-4-8-23(18-26)31(35)33-25-14-12-22(13-15-25)30-19-24-20-34(17-16-29(24)38-30)32(36)28-11-5-7-21-6-2-3-10-27(21)28/h2-15,18-19H,16-17,20H2,1H3,(H,33,35). The van der Waals surface area contributed by atoms with Gasteiger partial charge in [-0.3, -0.25) is 9.59 Å². The summed E-state index contributed by atoms with van der Waals surface area (Å²) in [6.45, 7) is 1.12. The molecule has 0 saturated carbocycles. The number of furan rings is 1. The maximum absolute atomic E-state index is 13.4. The zero-order valence-electron chi connectivity index (χ0n) is 20.9. The zero-order chi connectivity index (χ0) is 26.1. The van der Waals surface area contributed by atoms with E-state index in [2.05, 4.69) is 5.32 Å². The van der Waals surface area contributed by atoms with E-state index in [1.165, 1.54) is 0 Å². The third-order valence-corrected chi connectivity index (χ3v) is 6.93. The molecule has 2 heterocycles. The molecule has 1 aliphatic rings. The van der Waals surface area contributed by atoms with Crippen molar-refractivity contribution in [2.45, 2.75) is 13.0 Å². The summed E-state index contributed by atoms with van der Waals surface area (Å²) < 4.78 is 11.4. The van der Waals surface area contributed by atoms with Gasteiger partial charge in [-0.15, -0.1) is 0 Å². The zero-order valence-corrected chi connectivity index (χ0v) is 20.9. The van der Waals surface area contributed by atoms with Crippen LogP contribution in [0.15, 0.2) is 101 Å². The van der Waals surface area contributed by atoms with Crippen LogP contribution in [0.4, 0.5) is 5.69 Å². The van der Waals surface area contributed by atoms with Crippen LogP contribution in [0.2, 0.25) is 0 Å². The summed E-state index contributed by atoms with van der Waals surface area (Å²) in [5, 5.41) is 4.94. The lowest BCUT2D eigenvalue weighted by molar-refractivity contribution is 0.0732. The molecule has 0 radical (unpaired) electrons. The molecule has 0 aliphatic carbocycles. The van der Waals surface area contributed by atoms with E-state index in [1.807, 2.05) is 77.7 Å². The van der Waals surface area contributed by atoms with Crippen LogP contribution in [0.5, 0.6) is 5.75 Å². The highest BCUT2D eigenvalue weighted by atomic mass is 16.5. The van der Waals surface area contributed by atoms with Crippen LogP contribution in [0.3, 0.4) is 0 Å². The molecule has 6 heteroatoms. The number of hydrogen-bond donors (Lipinski definition) is 1. The minimum Gasteiger partial charge on any atom is -0.497 e. The molecule has 0 spiro atoms. The molecule has 5 aromatic rings. The number of carbonyl (C=O) groups excluding carboxylic acids is 2. The summed E-state index contributed by atoms with van der Waals surface area (Å²) >= 11 is 0. The second-order valence-electron chi connectivity index (χ2n) is 9.33. The van der Waals surface area contributed by atoms with Gasteiger partial charge in [-0.25, -0.2) is 0 Å². The number of fused-ring (bicyclic) bond motifs is 2. The van der Waals surface area contributed by atoms with E-state index in [4.69, 9.17) is 9.15 Å². The fraction of sp³-hybridized carbons (Fsp3) is 0.125. The van der Waals surface area contributed by atoms with Crippen LogP contribution < -0.4 is 10.1 Å². The van der Waals surface area contributed by atoms with Crippen molar-refractivity contribution in [1.82, 2.24) is 4.90 Å². The van der Waals surface area contributed by atoms with Crippen molar-refractivity contribution in [2.24, 2.45) is 0 Å². The average molecular weight is 503 g/mol. The van der Waals surface area contributed by atoms with Crippen molar-refractivity contribution < 1.29 is 18.7 Å². The van der Waals surface area contributed by atoms with Gasteiger partial charge in [-0.2, -0.15) is 0 Å². The predicted molar refractivity (Wildman–Crippen MR) is 147 cm³/mol. The molecule has 6 rings (SSSR count). The van der Waals surface area contributed by atoms with E-state index in [9.17, 15) is 9.59 Å². The Balaban J connectivity index is 1.16. The van der Waals surface area contributed by atoms with Crippen LogP contribution >= 0.6 is 0 Å². The Hall–Kier alpha value is -4.84. The lowest BCUT2D eigenvalue weighted by Gasteiger charge is -2.26. The van der Waals surface area contributed by atoms with Crippen molar-refractivity contribution >= 4 is 28.3 Å². The first-order valence-electron chi connectivity index (χ1n) is 12.5. The fourth-order valence-corrected chi connectivity index (χ4v) is 4.92. The molecule has 1 aromatic heterocycles. The Morgan fingerprint density at radius 2 is 1.68 bits per heavy atom. The molecule has 188 valence electrons. The summed E-state index contributed by atoms with van der Waals surface area (Å²) in [6.07, 6.45) is 0.667. The SMILES string of the molecule is COc1cccc(C(=O)Nc2ccc(-c3cc4c(o3)CCN(C(=O)c3cccc5ccccc35)C4)cc2)c1. The van der Waals surface area contributed by atoms with Crippen LogP contribution in [0.1, 0.15) is 32.0 Å². The highest BCUT2D eigenvalue weighted by Gasteiger charge is 2.26. The molecular formula is C32H26N2O4. The Bertz CT molecular complexity index is 1650. The number of ether oxygens (including phenoxy) is 1. The van der Waals surface area contributed by atoms with E-state index in [-0.39, 0.29) is 11.8 Å². The first-order chi connectivity index (χ1) is 18.6. The molecule has 0 unspecified atom stereocenters. The number of nitrogens with one attached hydrogen (secondary N) is 1. The minimum atomic E-state index is -0.207. The molecule has 1 N–H and O–H groups in total. The van der Waals surface area contributed by atoms with Gasteiger partial charge in [0.05, 0.1) is 7.11 Å². The van der Waals surface area contributed by atoms with Gasteiger partial charge in [-0.05, 0) is 65.4 Å². The van der Waals surface area contributed by atoms with Gasteiger partial charge in [0.2, 0.25) is 0 Å². The summed E-state index contributed by atoms with van der Waals surface area (Å²) in [6, 6.07) is 30.4. The first kappa shape index (κ1) is 23.6. The quantitative estimate of drug-likeness (QED) is 0.295. The maximum Gasteiger partial charge on any atom is 0.255 e.